The van der Waals surface area contributed by atoms with Crippen LogP contribution < -0.4 is 5.06 Å². The lowest BCUT2D eigenvalue weighted by molar-refractivity contribution is -0.137. The van der Waals surface area contributed by atoms with E-state index in [2.05, 4.69) is 0 Å². The Hall–Kier alpha value is -1.23. The Labute approximate surface area is 127 Å². The predicted molar refractivity (Wildman–Crippen MR) is 76.6 cm³/mol. The van der Waals surface area contributed by atoms with Crippen molar-refractivity contribution in [2.75, 3.05) is 5.06 Å². The van der Waals surface area contributed by atoms with Crippen molar-refractivity contribution >= 4 is 5.69 Å². The molecule has 1 aromatic rings. The Kier molecular flexibility index (Phi) is 3.03. The van der Waals surface area contributed by atoms with Crippen LogP contribution in [0.4, 0.5) is 18.9 Å². The van der Waals surface area contributed by atoms with Gasteiger partial charge in [-0.05, 0) is 74.5 Å². The van der Waals surface area contributed by atoms with E-state index in [4.69, 9.17) is 0 Å². The minimum Gasteiger partial charge on any atom is -0.288 e. The maximum Gasteiger partial charge on any atom is 0.416 e. The van der Waals surface area contributed by atoms with Crippen LogP contribution >= 0.6 is 0 Å². The highest BCUT2D eigenvalue weighted by Gasteiger charge is 2.54. The summed E-state index contributed by atoms with van der Waals surface area (Å²) in [7, 11) is 0. The molecule has 1 aromatic carbocycles. The Morgan fingerprint density at radius 2 is 1.55 bits per heavy atom. The van der Waals surface area contributed by atoms with Crippen LogP contribution in [0.2, 0.25) is 0 Å². The lowest BCUT2D eigenvalue weighted by Crippen LogP contribution is -2.59. The average Bonchev–Trinajstić information content (AvgIpc) is 2.44. The summed E-state index contributed by atoms with van der Waals surface area (Å²) in [6, 6.07) is 5.07. The Balaban J connectivity index is 1.66. The number of nitrogens with zero attached hydrogens (tertiary/aromatic N) is 1. The smallest absolute Gasteiger partial charge is 0.288 e. The first-order valence-electron chi connectivity index (χ1n) is 8.02. The molecule has 4 bridgehead atoms. The van der Waals surface area contributed by atoms with Crippen molar-refractivity contribution in [2.45, 2.75) is 50.2 Å². The van der Waals surface area contributed by atoms with Gasteiger partial charge in [-0.1, -0.05) is 6.07 Å². The lowest BCUT2D eigenvalue weighted by Gasteiger charge is -2.59. The molecule has 0 amide bonds. The van der Waals surface area contributed by atoms with Gasteiger partial charge < -0.3 is 0 Å². The van der Waals surface area contributed by atoms with Crippen LogP contribution in [0.3, 0.4) is 0 Å². The van der Waals surface area contributed by atoms with Crippen molar-refractivity contribution < 1.29 is 18.4 Å². The van der Waals surface area contributed by atoms with Gasteiger partial charge >= 0.3 is 6.18 Å². The molecule has 0 heterocycles. The molecule has 5 heteroatoms. The monoisotopic (exact) mass is 311 g/mol. The molecule has 0 unspecified atom stereocenters. The minimum absolute atomic E-state index is 0.275. The summed E-state index contributed by atoms with van der Waals surface area (Å²) in [6.45, 7) is 0. The molecule has 1 N–H and O–H groups in total. The molecule has 120 valence electrons. The number of hydroxylamine groups is 1. The van der Waals surface area contributed by atoms with Gasteiger partial charge in [0, 0.05) is 0 Å². The van der Waals surface area contributed by atoms with Gasteiger partial charge in [-0.15, -0.1) is 0 Å². The molecule has 2 nitrogen and oxygen atoms in total. The maximum atomic E-state index is 12.9. The first-order valence-corrected chi connectivity index (χ1v) is 8.02. The minimum atomic E-state index is -4.38. The summed E-state index contributed by atoms with van der Waals surface area (Å²) in [6.07, 6.45) is 2.04. The van der Waals surface area contributed by atoms with Gasteiger partial charge in [-0.2, -0.15) is 13.2 Å². The fourth-order valence-corrected chi connectivity index (χ4v) is 5.41. The zero-order valence-electron chi connectivity index (χ0n) is 12.3. The highest BCUT2D eigenvalue weighted by molar-refractivity contribution is 5.49. The molecular weight excluding hydrogens is 291 g/mol. The molecule has 0 saturated heterocycles. The number of hydrogen-bond acceptors (Lipinski definition) is 2. The summed E-state index contributed by atoms with van der Waals surface area (Å²) >= 11 is 0. The molecule has 0 aliphatic heterocycles. The van der Waals surface area contributed by atoms with E-state index < -0.39 is 11.7 Å². The van der Waals surface area contributed by atoms with Crippen LogP contribution in [0.5, 0.6) is 0 Å². The van der Waals surface area contributed by atoms with Crippen molar-refractivity contribution in [3.63, 3.8) is 0 Å². The van der Waals surface area contributed by atoms with Gasteiger partial charge in [-0.3, -0.25) is 10.3 Å². The van der Waals surface area contributed by atoms with E-state index in [0.717, 1.165) is 31.4 Å². The Morgan fingerprint density at radius 1 is 1.00 bits per heavy atom. The summed E-state index contributed by atoms with van der Waals surface area (Å²) in [4.78, 5) is 0. The molecule has 4 aliphatic carbocycles. The van der Waals surface area contributed by atoms with Crippen molar-refractivity contribution in [1.82, 2.24) is 0 Å². The average molecular weight is 311 g/mol. The maximum absolute atomic E-state index is 12.9. The molecule has 4 fully saturated rings. The molecule has 0 atom stereocenters. The summed E-state index contributed by atoms with van der Waals surface area (Å²) in [5.74, 6) is 1.89. The van der Waals surface area contributed by atoms with Gasteiger partial charge in [0.05, 0.1) is 16.8 Å². The number of benzene rings is 1. The molecule has 0 radical (unpaired) electrons. The van der Waals surface area contributed by atoms with Crippen molar-refractivity contribution in [3.05, 3.63) is 29.8 Å². The standard InChI is InChI=1S/C17H20F3NO/c18-17(19,20)14-2-1-3-15(7-14)21(22)16-8-11-4-12(9-16)6-13(5-11)10-16/h1-3,7,11-13,22H,4-6,8-10H2. The SMILES string of the molecule is ON(c1cccc(C(F)(F)F)c1)C12CC3CC(CC(C3)C1)C2. The van der Waals surface area contributed by atoms with E-state index in [1.165, 1.54) is 30.4 Å². The van der Waals surface area contributed by atoms with E-state index in [-0.39, 0.29) is 11.2 Å². The summed E-state index contributed by atoms with van der Waals surface area (Å²) in [5, 5.41) is 11.9. The second kappa shape index (κ2) is 4.63. The number of anilines is 1. The highest BCUT2D eigenvalue weighted by atomic mass is 19.4. The quantitative estimate of drug-likeness (QED) is 0.788. The van der Waals surface area contributed by atoms with Gasteiger partial charge in [0.2, 0.25) is 0 Å². The van der Waals surface area contributed by atoms with Crippen LogP contribution in [0.15, 0.2) is 24.3 Å². The number of hydrogen-bond donors (Lipinski definition) is 1. The van der Waals surface area contributed by atoms with Gasteiger partial charge in [0.15, 0.2) is 0 Å². The van der Waals surface area contributed by atoms with E-state index in [0.29, 0.717) is 17.8 Å². The van der Waals surface area contributed by atoms with E-state index in [9.17, 15) is 18.4 Å². The Morgan fingerprint density at radius 3 is 2.05 bits per heavy atom. The van der Waals surface area contributed by atoms with Crippen molar-refractivity contribution in [1.29, 1.82) is 0 Å². The van der Waals surface area contributed by atoms with E-state index in [1.54, 1.807) is 6.07 Å². The van der Waals surface area contributed by atoms with Crippen molar-refractivity contribution in [2.24, 2.45) is 17.8 Å². The molecule has 0 spiro atoms. The van der Waals surface area contributed by atoms with Gasteiger partial charge in [0.1, 0.15) is 0 Å². The fourth-order valence-electron chi connectivity index (χ4n) is 5.41. The second-order valence-electron chi connectivity index (χ2n) is 7.50. The first-order chi connectivity index (χ1) is 10.4. The number of halogens is 3. The van der Waals surface area contributed by atoms with Gasteiger partial charge in [-0.25, -0.2) is 0 Å². The van der Waals surface area contributed by atoms with Gasteiger partial charge in [0.25, 0.3) is 0 Å². The zero-order valence-corrected chi connectivity index (χ0v) is 12.3. The van der Waals surface area contributed by atoms with Crippen LogP contribution in [-0.4, -0.2) is 10.7 Å². The third-order valence-corrected chi connectivity index (χ3v) is 5.87. The van der Waals surface area contributed by atoms with Crippen LogP contribution in [0.25, 0.3) is 0 Å². The molecule has 22 heavy (non-hydrogen) atoms. The van der Waals surface area contributed by atoms with Crippen LogP contribution in [-0.2, 0) is 6.18 Å². The Bertz CT molecular complexity index is 548. The topological polar surface area (TPSA) is 23.5 Å². The first kappa shape index (κ1) is 14.4. The van der Waals surface area contributed by atoms with E-state index >= 15 is 0 Å². The highest BCUT2D eigenvalue weighted by Crippen LogP contribution is 2.58. The largest absolute Gasteiger partial charge is 0.416 e. The molecule has 0 aromatic heterocycles. The number of alkyl halides is 3. The zero-order chi connectivity index (χ0) is 15.5. The fraction of sp³-hybridized carbons (Fsp3) is 0.647. The van der Waals surface area contributed by atoms with E-state index in [1.807, 2.05) is 0 Å². The van der Waals surface area contributed by atoms with Crippen LogP contribution in [0, 0.1) is 17.8 Å². The number of rotatable bonds is 2. The third-order valence-electron chi connectivity index (χ3n) is 5.87. The van der Waals surface area contributed by atoms with Crippen molar-refractivity contribution in [3.8, 4) is 0 Å². The molecule has 5 rings (SSSR count). The normalized spacial score (nSPS) is 36.6. The third kappa shape index (κ3) is 2.21. The lowest BCUT2D eigenvalue weighted by atomic mass is 9.53. The van der Waals surface area contributed by atoms with Crippen LogP contribution in [0.1, 0.15) is 44.1 Å². The molecule has 4 saturated carbocycles. The summed E-state index contributed by atoms with van der Waals surface area (Å²) < 4.78 is 38.7. The molecular formula is C17H20F3NO. The molecule has 4 aliphatic rings. The predicted octanol–water partition coefficient (Wildman–Crippen LogP) is 4.87. The summed E-state index contributed by atoms with van der Waals surface area (Å²) in [5.41, 5.74) is -0.774. The second-order valence-corrected chi connectivity index (χ2v) is 7.50.